The number of rotatable bonds is 6. The van der Waals surface area contributed by atoms with E-state index in [1.807, 2.05) is 20.8 Å². The molecular weight excluding hydrogens is 460 g/mol. The summed E-state index contributed by atoms with van der Waals surface area (Å²) in [6.07, 6.45) is 18.1. The Morgan fingerprint density at radius 1 is 0.946 bits per heavy atom. The molecule has 0 aromatic carbocycles. The van der Waals surface area contributed by atoms with Crippen LogP contribution in [0.15, 0.2) is 46.6 Å². The molecule has 212 valence electrons. The van der Waals surface area contributed by atoms with Crippen molar-refractivity contribution in [2.45, 2.75) is 132 Å². The molecule has 0 saturated carbocycles. The van der Waals surface area contributed by atoms with E-state index in [4.69, 9.17) is 9.47 Å². The van der Waals surface area contributed by atoms with E-state index in [-0.39, 0.29) is 29.0 Å². The largest absolute Gasteiger partial charge is 0.462 e. The molecule has 3 aliphatic rings. The van der Waals surface area contributed by atoms with Crippen LogP contribution in [0.5, 0.6) is 0 Å². The molecule has 0 aromatic heterocycles. The first-order chi connectivity index (χ1) is 17.3. The summed E-state index contributed by atoms with van der Waals surface area (Å²) in [4.78, 5) is 11.2. The highest BCUT2D eigenvalue weighted by Crippen LogP contribution is 2.41. The van der Waals surface area contributed by atoms with Gasteiger partial charge in [0.25, 0.3) is 0 Å². The smallest absolute Gasteiger partial charge is 0.305 e. The molecular formula is C33H56O4. The first-order valence-corrected chi connectivity index (χ1v) is 14.5. The van der Waals surface area contributed by atoms with Crippen molar-refractivity contribution in [3.05, 3.63) is 46.6 Å². The monoisotopic (exact) mass is 516 g/mol. The van der Waals surface area contributed by atoms with Crippen LogP contribution in [0.2, 0.25) is 0 Å². The Kier molecular flexibility index (Phi) is 14.7. The molecule has 0 radical (unpaired) electrons. The number of aliphatic hydroxyl groups excluding tert-OH is 1. The van der Waals surface area contributed by atoms with Crippen LogP contribution in [0.1, 0.15) is 120 Å². The van der Waals surface area contributed by atoms with E-state index in [0.29, 0.717) is 6.42 Å². The SMILES string of the molecule is C1CCOC1.CC1=CCCC(C)(C)/C1=C/CC(C)O.CCC(=O)OC(C)C/C=C1\C(C)=CCCC1(C)C. The Hall–Kier alpha value is -1.65. The highest BCUT2D eigenvalue weighted by Gasteiger charge is 2.27. The summed E-state index contributed by atoms with van der Waals surface area (Å²) in [5, 5.41) is 9.28. The van der Waals surface area contributed by atoms with Crippen molar-refractivity contribution in [1.29, 1.82) is 0 Å². The lowest BCUT2D eigenvalue weighted by atomic mass is 9.73. The third kappa shape index (κ3) is 12.6. The Labute approximate surface area is 228 Å². The number of allylic oxidation sites excluding steroid dienone is 6. The maximum atomic E-state index is 11.2. The van der Waals surface area contributed by atoms with E-state index in [2.05, 4.69) is 65.8 Å². The van der Waals surface area contributed by atoms with Crippen LogP contribution < -0.4 is 0 Å². The van der Waals surface area contributed by atoms with Gasteiger partial charge in [-0.3, -0.25) is 4.79 Å². The molecule has 0 bridgehead atoms. The molecule has 1 aliphatic heterocycles. The van der Waals surface area contributed by atoms with Gasteiger partial charge in [-0.1, -0.05) is 70.1 Å². The predicted molar refractivity (Wildman–Crippen MR) is 157 cm³/mol. The van der Waals surface area contributed by atoms with Gasteiger partial charge in [0.05, 0.1) is 6.10 Å². The highest BCUT2D eigenvalue weighted by atomic mass is 16.5. The zero-order chi connectivity index (χ0) is 28.1. The molecule has 3 rings (SSSR count). The lowest BCUT2D eigenvalue weighted by molar-refractivity contribution is -0.147. The van der Waals surface area contributed by atoms with E-state index in [0.717, 1.165) is 32.5 Å². The van der Waals surface area contributed by atoms with Crippen molar-refractivity contribution in [3.8, 4) is 0 Å². The van der Waals surface area contributed by atoms with Crippen molar-refractivity contribution in [2.75, 3.05) is 13.2 Å². The van der Waals surface area contributed by atoms with Gasteiger partial charge < -0.3 is 14.6 Å². The van der Waals surface area contributed by atoms with E-state index >= 15 is 0 Å². The van der Waals surface area contributed by atoms with Crippen LogP contribution >= 0.6 is 0 Å². The van der Waals surface area contributed by atoms with Gasteiger partial charge in [-0.2, -0.15) is 0 Å². The van der Waals surface area contributed by atoms with Crippen LogP contribution in [0, 0.1) is 10.8 Å². The number of aliphatic hydroxyl groups is 1. The van der Waals surface area contributed by atoms with Crippen molar-refractivity contribution in [2.24, 2.45) is 10.8 Å². The summed E-state index contributed by atoms with van der Waals surface area (Å²) >= 11 is 0. The van der Waals surface area contributed by atoms with Gasteiger partial charge in [0.2, 0.25) is 0 Å². The van der Waals surface area contributed by atoms with Crippen LogP contribution in [0.3, 0.4) is 0 Å². The third-order valence-corrected chi connectivity index (χ3v) is 7.51. The summed E-state index contributed by atoms with van der Waals surface area (Å²) in [6, 6.07) is 0. The van der Waals surface area contributed by atoms with Gasteiger partial charge in [-0.05, 0) is 94.6 Å². The number of carbonyl (C=O) groups excluding carboxylic acids is 1. The highest BCUT2D eigenvalue weighted by molar-refractivity contribution is 5.69. The second-order valence-corrected chi connectivity index (χ2v) is 12.1. The van der Waals surface area contributed by atoms with Gasteiger partial charge in [-0.25, -0.2) is 0 Å². The lowest BCUT2D eigenvalue weighted by Crippen LogP contribution is -2.20. The third-order valence-electron chi connectivity index (χ3n) is 7.51. The molecule has 1 heterocycles. The molecule has 1 fully saturated rings. The van der Waals surface area contributed by atoms with Gasteiger partial charge in [0.15, 0.2) is 0 Å². The van der Waals surface area contributed by atoms with Gasteiger partial charge in [0.1, 0.15) is 6.10 Å². The molecule has 2 aliphatic carbocycles. The minimum atomic E-state index is -0.229. The summed E-state index contributed by atoms with van der Waals surface area (Å²) in [5.41, 5.74) is 6.13. The van der Waals surface area contributed by atoms with Crippen LogP contribution in [0.25, 0.3) is 0 Å². The zero-order valence-electron chi connectivity index (χ0n) is 25.4. The fraction of sp³-hybridized carbons (Fsp3) is 0.727. The summed E-state index contributed by atoms with van der Waals surface area (Å²) in [6.45, 7) is 21.1. The maximum Gasteiger partial charge on any atom is 0.305 e. The number of hydrogen-bond donors (Lipinski definition) is 1. The average Bonchev–Trinajstić information content (AvgIpc) is 3.38. The van der Waals surface area contributed by atoms with Crippen molar-refractivity contribution < 1.29 is 19.4 Å². The molecule has 0 spiro atoms. The lowest BCUT2D eigenvalue weighted by Gasteiger charge is -2.32. The van der Waals surface area contributed by atoms with E-state index in [1.165, 1.54) is 54.4 Å². The molecule has 1 N–H and O–H groups in total. The molecule has 2 atom stereocenters. The second-order valence-electron chi connectivity index (χ2n) is 12.1. The summed E-state index contributed by atoms with van der Waals surface area (Å²) in [5.74, 6) is -0.115. The van der Waals surface area contributed by atoms with Gasteiger partial charge >= 0.3 is 5.97 Å². The van der Waals surface area contributed by atoms with Crippen LogP contribution in [0.4, 0.5) is 0 Å². The number of hydrogen-bond acceptors (Lipinski definition) is 4. The Morgan fingerprint density at radius 2 is 1.41 bits per heavy atom. The predicted octanol–water partition coefficient (Wildman–Crippen LogP) is 8.66. The Morgan fingerprint density at radius 3 is 1.76 bits per heavy atom. The zero-order valence-corrected chi connectivity index (χ0v) is 25.4. The van der Waals surface area contributed by atoms with E-state index in [9.17, 15) is 9.90 Å². The second kappa shape index (κ2) is 16.3. The fourth-order valence-corrected chi connectivity index (χ4v) is 5.17. The van der Waals surface area contributed by atoms with Crippen molar-refractivity contribution in [3.63, 3.8) is 0 Å². The first kappa shape index (κ1) is 33.4. The van der Waals surface area contributed by atoms with Gasteiger partial charge in [0, 0.05) is 26.1 Å². The topological polar surface area (TPSA) is 55.8 Å². The standard InChI is InChI=1S/C16H26O2.C13H22O.C4H8O/c1-6-15(17)18-13(3)9-10-14-12(2)8-7-11-16(14,4)5;1-10-6-5-9-13(3,4)12(10)8-7-11(2)14;1-2-4-5-3-1/h8,10,13H,6-7,9,11H2,1-5H3;6,8,11,14H,5,7,9H2,1-4H3;1-4H2/b14-10+;12-8+;. The maximum absolute atomic E-state index is 11.2. The minimum absolute atomic E-state index is 0.0320. The average molecular weight is 517 g/mol. The molecule has 2 unspecified atom stereocenters. The van der Waals surface area contributed by atoms with Crippen molar-refractivity contribution in [1.82, 2.24) is 0 Å². The Balaban J connectivity index is 0.000000317. The normalized spacial score (nSPS) is 24.1. The quantitative estimate of drug-likeness (QED) is 0.359. The van der Waals surface area contributed by atoms with E-state index < -0.39 is 0 Å². The molecule has 4 nitrogen and oxygen atoms in total. The molecule has 4 heteroatoms. The molecule has 37 heavy (non-hydrogen) atoms. The first-order valence-electron chi connectivity index (χ1n) is 14.5. The van der Waals surface area contributed by atoms with Crippen LogP contribution in [-0.2, 0) is 14.3 Å². The molecule has 0 aromatic rings. The molecule has 1 saturated heterocycles. The van der Waals surface area contributed by atoms with E-state index in [1.54, 1.807) is 0 Å². The number of esters is 1. The van der Waals surface area contributed by atoms with Crippen LogP contribution in [-0.4, -0.2) is 36.5 Å². The van der Waals surface area contributed by atoms with Gasteiger partial charge in [-0.15, -0.1) is 0 Å². The number of carbonyl (C=O) groups is 1. The van der Waals surface area contributed by atoms with Crippen molar-refractivity contribution >= 4 is 5.97 Å². The summed E-state index contributed by atoms with van der Waals surface area (Å²) in [7, 11) is 0. The fourth-order valence-electron chi connectivity index (χ4n) is 5.17. The summed E-state index contributed by atoms with van der Waals surface area (Å²) < 4.78 is 10.2. The molecule has 0 amide bonds. The Bertz CT molecular complexity index is 812. The number of ether oxygens (including phenoxy) is 2. The minimum Gasteiger partial charge on any atom is -0.462 e.